The SMILES string of the molecule is COc1ccc(OC)c(C(=O)COC(=O)c2cc([N+](=O)[O-])ccc2N)c1. The van der Waals surface area contributed by atoms with E-state index in [-0.39, 0.29) is 22.5 Å². The summed E-state index contributed by atoms with van der Waals surface area (Å²) in [6, 6.07) is 8.00. The lowest BCUT2D eigenvalue weighted by molar-refractivity contribution is -0.384. The van der Waals surface area contributed by atoms with Crippen LogP contribution < -0.4 is 15.2 Å². The van der Waals surface area contributed by atoms with E-state index in [9.17, 15) is 19.7 Å². The van der Waals surface area contributed by atoms with Crippen molar-refractivity contribution in [3.8, 4) is 11.5 Å². The van der Waals surface area contributed by atoms with Crippen LogP contribution in [0.2, 0.25) is 0 Å². The molecule has 0 heterocycles. The number of hydrogen-bond acceptors (Lipinski definition) is 8. The number of nitrogen functional groups attached to an aromatic ring is 1. The molecule has 2 N–H and O–H groups in total. The zero-order valence-electron chi connectivity index (χ0n) is 14.1. The van der Waals surface area contributed by atoms with Crippen molar-refractivity contribution in [3.05, 3.63) is 57.6 Å². The predicted octanol–water partition coefficient (Wildman–Crippen LogP) is 2.23. The van der Waals surface area contributed by atoms with Crippen molar-refractivity contribution in [2.24, 2.45) is 0 Å². The molecule has 0 aliphatic carbocycles. The van der Waals surface area contributed by atoms with Gasteiger partial charge in [0.15, 0.2) is 6.61 Å². The fourth-order valence-corrected chi connectivity index (χ4v) is 2.15. The quantitative estimate of drug-likeness (QED) is 0.261. The molecule has 136 valence electrons. The molecule has 0 saturated heterocycles. The molecule has 0 aromatic heterocycles. The lowest BCUT2D eigenvalue weighted by Crippen LogP contribution is -2.16. The van der Waals surface area contributed by atoms with Crippen molar-refractivity contribution in [2.75, 3.05) is 26.6 Å². The number of anilines is 1. The van der Waals surface area contributed by atoms with Gasteiger partial charge in [0.05, 0.1) is 30.3 Å². The summed E-state index contributed by atoms with van der Waals surface area (Å²) in [5.74, 6) is -0.746. The number of nitrogens with two attached hydrogens (primary N) is 1. The number of ether oxygens (including phenoxy) is 3. The van der Waals surface area contributed by atoms with Gasteiger partial charge in [0.25, 0.3) is 5.69 Å². The van der Waals surface area contributed by atoms with Gasteiger partial charge >= 0.3 is 5.97 Å². The van der Waals surface area contributed by atoms with E-state index in [4.69, 9.17) is 19.9 Å². The molecule has 2 aromatic carbocycles. The molecule has 0 aliphatic heterocycles. The summed E-state index contributed by atoms with van der Waals surface area (Å²) in [7, 11) is 2.84. The number of rotatable bonds is 7. The minimum atomic E-state index is -0.943. The van der Waals surface area contributed by atoms with Gasteiger partial charge in [0.1, 0.15) is 11.5 Å². The summed E-state index contributed by atoms with van der Waals surface area (Å²) in [5.41, 5.74) is 5.32. The lowest BCUT2D eigenvalue weighted by Gasteiger charge is -2.10. The minimum absolute atomic E-state index is 0.00649. The Hall–Kier alpha value is -3.62. The van der Waals surface area contributed by atoms with Gasteiger partial charge in [-0.2, -0.15) is 0 Å². The van der Waals surface area contributed by atoms with E-state index in [2.05, 4.69) is 0 Å². The van der Waals surface area contributed by atoms with Crippen LogP contribution in [0.25, 0.3) is 0 Å². The summed E-state index contributed by atoms with van der Waals surface area (Å²) in [5, 5.41) is 10.8. The van der Waals surface area contributed by atoms with Gasteiger partial charge in [-0.05, 0) is 24.3 Å². The number of hydrogen-bond donors (Lipinski definition) is 1. The minimum Gasteiger partial charge on any atom is -0.497 e. The molecule has 0 atom stereocenters. The molecule has 2 aromatic rings. The Bertz CT molecular complexity index is 864. The second-order valence-electron chi connectivity index (χ2n) is 5.09. The van der Waals surface area contributed by atoms with Crippen molar-refractivity contribution in [2.45, 2.75) is 0 Å². The average Bonchev–Trinajstić information content (AvgIpc) is 2.65. The zero-order chi connectivity index (χ0) is 19.3. The van der Waals surface area contributed by atoms with Crippen LogP contribution in [0.15, 0.2) is 36.4 Å². The molecule has 9 heteroatoms. The van der Waals surface area contributed by atoms with Crippen molar-refractivity contribution < 1.29 is 28.7 Å². The average molecular weight is 360 g/mol. The first-order chi connectivity index (χ1) is 12.4. The molecular weight excluding hydrogens is 344 g/mol. The second-order valence-corrected chi connectivity index (χ2v) is 5.09. The Labute approximate surface area is 148 Å². The van der Waals surface area contributed by atoms with Crippen LogP contribution in [0.4, 0.5) is 11.4 Å². The van der Waals surface area contributed by atoms with Gasteiger partial charge in [-0.15, -0.1) is 0 Å². The number of nitro benzene ring substituents is 1. The van der Waals surface area contributed by atoms with Crippen LogP contribution in [-0.4, -0.2) is 37.5 Å². The van der Waals surface area contributed by atoms with Crippen LogP contribution in [0.3, 0.4) is 0 Å². The van der Waals surface area contributed by atoms with E-state index >= 15 is 0 Å². The maximum atomic E-state index is 12.3. The summed E-state index contributed by atoms with van der Waals surface area (Å²) in [6.07, 6.45) is 0. The lowest BCUT2D eigenvalue weighted by atomic mass is 10.1. The molecular formula is C17H16N2O7. The highest BCUT2D eigenvalue weighted by Gasteiger charge is 2.20. The fourth-order valence-electron chi connectivity index (χ4n) is 2.15. The van der Waals surface area contributed by atoms with Gasteiger partial charge < -0.3 is 19.9 Å². The number of carbonyl (C=O) groups excluding carboxylic acids is 2. The third-order valence-corrected chi connectivity index (χ3v) is 3.51. The Balaban J connectivity index is 2.16. The Morgan fingerprint density at radius 2 is 1.81 bits per heavy atom. The van der Waals surface area contributed by atoms with Crippen LogP contribution >= 0.6 is 0 Å². The molecule has 2 rings (SSSR count). The van der Waals surface area contributed by atoms with Crippen molar-refractivity contribution >= 4 is 23.1 Å². The smallest absolute Gasteiger partial charge is 0.340 e. The molecule has 9 nitrogen and oxygen atoms in total. The maximum Gasteiger partial charge on any atom is 0.340 e. The highest BCUT2D eigenvalue weighted by Crippen LogP contribution is 2.25. The van der Waals surface area contributed by atoms with Crippen LogP contribution in [0.5, 0.6) is 11.5 Å². The Morgan fingerprint density at radius 3 is 2.42 bits per heavy atom. The summed E-state index contributed by atoms with van der Waals surface area (Å²) < 4.78 is 15.1. The number of non-ortho nitro benzene ring substituents is 1. The first kappa shape index (κ1) is 18.7. The van der Waals surface area contributed by atoms with E-state index in [0.29, 0.717) is 11.5 Å². The number of nitro groups is 1. The number of ketones is 1. The van der Waals surface area contributed by atoms with E-state index in [1.807, 2.05) is 0 Å². The zero-order valence-corrected chi connectivity index (χ0v) is 14.1. The predicted molar refractivity (Wildman–Crippen MR) is 91.7 cm³/mol. The van der Waals surface area contributed by atoms with Gasteiger partial charge in [-0.3, -0.25) is 14.9 Å². The normalized spacial score (nSPS) is 10.1. The number of benzene rings is 2. The molecule has 0 unspecified atom stereocenters. The number of methoxy groups -OCH3 is 2. The van der Waals surface area contributed by atoms with Crippen molar-refractivity contribution in [1.29, 1.82) is 0 Å². The van der Waals surface area contributed by atoms with Crippen LogP contribution in [-0.2, 0) is 4.74 Å². The molecule has 0 radical (unpaired) electrons. The van der Waals surface area contributed by atoms with Gasteiger partial charge in [-0.1, -0.05) is 0 Å². The topological polar surface area (TPSA) is 131 Å². The molecule has 0 fully saturated rings. The van der Waals surface area contributed by atoms with Gasteiger partial charge in [-0.25, -0.2) is 4.79 Å². The number of Topliss-reactive ketones (excluding diaryl/α,β-unsaturated/α-hetero) is 1. The maximum absolute atomic E-state index is 12.3. The standard InChI is InChI=1S/C17H16N2O7/c1-24-11-4-6-16(25-2)13(8-11)15(20)9-26-17(21)12-7-10(19(22)23)3-5-14(12)18/h3-8H,9,18H2,1-2H3. The second kappa shape index (κ2) is 7.97. The highest BCUT2D eigenvalue weighted by molar-refractivity contribution is 6.02. The summed E-state index contributed by atoms with van der Waals surface area (Å²) >= 11 is 0. The third kappa shape index (κ3) is 4.07. The van der Waals surface area contributed by atoms with E-state index in [0.717, 1.165) is 6.07 Å². The van der Waals surface area contributed by atoms with Gasteiger partial charge in [0, 0.05) is 17.8 Å². The highest BCUT2D eigenvalue weighted by atomic mass is 16.6. The van der Waals surface area contributed by atoms with Crippen LogP contribution in [0, 0.1) is 10.1 Å². The number of esters is 1. The Morgan fingerprint density at radius 1 is 1.08 bits per heavy atom. The van der Waals surface area contributed by atoms with Crippen LogP contribution in [0.1, 0.15) is 20.7 Å². The molecule has 0 spiro atoms. The largest absolute Gasteiger partial charge is 0.497 e. The number of carbonyl (C=O) groups is 2. The third-order valence-electron chi connectivity index (χ3n) is 3.51. The van der Waals surface area contributed by atoms with Crippen molar-refractivity contribution in [1.82, 2.24) is 0 Å². The summed E-state index contributed by atoms with van der Waals surface area (Å²) in [4.78, 5) is 34.6. The molecule has 0 bridgehead atoms. The van der Waals surface area contributed by atoms with Crippen molar-refractivity contribution in [3.63, 3.8) is 0 Å². The van der Waals surface area contributed by atoms with E-state index in [1.54, 1.807) is 12.1 Å². The number of nitrogens with zero attached hydrogens (tertiary/aromatic N) is 1. The van der Waals surface area contributed by atoms with Gasteiger partial charge in [0.2, 0.25) is 5.78 Å². The monoisotopic (exact) mass is 360 g/mol. The van der Waals surface area contributed by atoms with E-state index < -0.39 is 23.3 Å². The molecule has 0 aliphatic rings. The van der Waals surface area contributed by atoms with E-state index in [1.165, 1.54) is 32.4 Å². The first-order valence-electron chi connectivity index (χ1n) is 7.33. The molecule has 26 heavy (non-hydrogen) atoms. The fraction of sp³-hybridized carbons (Fsp3) is 0.176. The Kier molecular flexibility index (Phi) is 5.74. The molecule has 0 amide bonds. The molecule has 0 saturated carbocycles. The first-order valence-corrected chi connectivity index (χ1v) is 7.33. The summed E-state index contributed by atoms with van der Waals surface area (Å²) in [6.45, 7) is -0.593.